The van der Waals surface area contributed by atoms with E-state index in [4.69, 9.17) is 5.11 Å². The molecule has 0 fully saturated rings. The number of rotatable bonds is 5. The van der Waals surface area contributed by atoms with E-state index in [1.165, 1.54) is 11.1 Å². The predicted octanol–water partition coefficient (Wildman–Crippen LogP) is 2.21. The zero-order valence-corrected chi connectivity index (χ0v) is 10.8. The van der Waals surface area contributed by atoms with Gasteiger partial charge in [-0.05, 0) is 6.42 Å². The summed E-state index contributed by atoms with van der Waals surface area (Å²) in [5, 5.41) is 8.87. The van der Waals surface area contributed by atoms with Crippen LogP contribution < -0.4 is 4.90 Å². The van der Waals surface area contributed by atoms with Crippen LogP contribution in [0.5, 0.6) is 0 Å². The summed E-state index contributed by atoms with van der Waals surface area (Å²) in [6.07, 6.45) is 2.09. The topological polar surface area (TPSA) is 66.3 Å². The summed E-state index contributed by atoms with van der Waals surface area (Å²) in [6.45, 7) is 2.16. The molecule has 2 rings (SSSR count). The third-order valence-electron chi connectivity index (χ3n) is 2.72. The summed E-state index contributed by atoms with van der Waals surface area (Å²) < 4.78 is 26.3. The largest absolute Gasteiger partial charge is 0.480 e. The minimum Gasteiger partial charge on any atom is -0.480 e. The Kier molecular flexibility index (Phi) is 4.07. The molecule has 0 aliphatic carbocycles. The number of aromatic nitrogens is 2. The summed E-state index contributed by atoms with van der Waals surface area (Å²) in [7, 11) is 0. The van der Waals surface area contributed by atoms with Crippen LogP contribution in [0.4, 0.5) is 14.6 Å². The lowest BCUT2D eigenvalue weighted by Gasteiger charge is -2.20. The van der Waals surface area contributed by atoms with Crippen molar-refractivity contribution in [3.63, 3.8) is 0 Å². The van der Waals surface area contributed by atoms with Gasteiger partial charge in [-0.25, -0.2) is 13.8 Å². The smallest absolute Gasteiger partial charge is 0.323 e. The summed E-state index contributed by atoms with van der Waals surface area (Å²) in [6, 6.07) is 1.91. The standard InChI is InChI=1S/C13H13F2N3O2/c1-2-3-18(7-13(19)20)12-6-16-10-4-8(14)9(15)5-11(10)17-12/h4-6H,2-3,7H2,1H3,(H,19,20). The molecule has 1 aromatic heterocycles. The molecule has 0 unspecified atom stereocenters. The number of benzene rings is 1. The number of nitrogens with zero attached hydrogens (tertiary/aromatic N) is 3. The summed E-state index contributed by atoms with van der Waals surface area (Å²) in [5.74, 6) is -2.67. The maximum absolute atomic E-state index is 13.2. The van der Waals surface area contributed by atoms with Crippen LogP contribution in [-0.2, 0) is 4.79 Å². The van der Waals surface area contributed by atoms with Crippen LogP contribution in [0.1, 0.15) is 13.3 Å². The lowest BCUT2D eigenvalue weighted by Crippen LogP contribution is -2.31. The molecule has 0 atom stereocenters. The van der Waals surface area contributed by atoms with Crippen molar-refractivity contribution in [3.05, 3.63) is 30.0 Å². The first-order valence-corrected chi connectivity index (χ1v) is 6.09. The molecular formula is C13H13F2N3O2. The average Bonchev–Trinajstić information content (AvgIpc) is 2.38. The van der Waals surface area contributed by atoms with Gasteiger partial charge in [-0.15, -0.1) is 0 Å². The molecule has 5 nitrogen and oxygen atoms in total. The van der Waals surface area contributed by atoms with E-state index in [9.17, 15) is 13.6 Å². The SMILES string of the molecule is CCCN(CC(=O)O)c1cnc2cc(F)c(F)cc2n1. The highest BCUT2D eigenvalue weighted by atomic mass is 19.2. The molecule has 106 valence electrons. The van der Waals surface area contributed by atoms with Gasteiger partial charge in [-0.3, -0.25) is 9.78 Å². The quantitative estimate of drug-likeness (QED) is 0.910. The molecule has 2 aromatic rings. The Bertz CT molecular complexity index is 649. The maximum Gasteiger partial charge on any atom is 0.323 e. The van der Waals surface area contributed by atoms with Crippen molar-refractivity contribution < 1.29 is 18.7 Å². The summed E-state index contributed by atoms with van der Waals surface area (Å²) in [4.78, 5) is 20.5. The monoisotopic (exact) mass is 281 g/mol. The molecule has 1 aromatic carbocycles. The van der Waals surface area contributed by atoms with Crippen LogP contribution in [0, 0.1) is 11.6 Å². The first kappa shape index (κ1) is 14.1. The Morgan fingerprint density at radius 3 is 2.55 bits per heavy atom. The molecule has 7 heteroatoms. The van der Waals surface area contributed by atoms with Crippen LogP contribution in [-0.4, -0.2) is 34.1 Å². The molecule has 0 bridgehead atoms. The van der Waals surface area contributed by atoms with Gasteiger partial charge in [0.15, 0.2) is 11.6 Å². The van der Waals surface area contributed by atoms with Crippen molar-refractivity contribution in [1.82, 2.24) is 9.97 Å². The molecule has 1 heterocycles. The zero-order valence-electron chi connectivity index (χ0n) is 10.8. The van der Waals surface area contributed by atoms with Crippen molar-refractivity contribution in [2.24, 2.45) is 0 Å². The number of halogens is 2. The average molecular weight is 281 g/mol. The minimum atomic E-state index is -1.01. The van der Waals surface area contributed by atoms with Crippen molar-refractivity contribution in [1.29, 1.82) is 0 Å². The van der Waals surface area contributed by atoms with E-state index in [-0.39, 0.29) is 17.6 Å². The number of fused-ring (bicyclic) bond motifs is 1. The van der Waals surface area contributed by atoms with Gasteiger partial charge in [0.25, 0.3) is 0 Å². The Hall–Kier alpha value is -2.31. The number of carboxylic acid groups (broad SMARTS) is 1. The lowest BCUT2D eigenvalue weighted by molar-refractivity contribution is -0.135. The maximum atomic E-state index is 13.2. The number of aliphatic carboxylic acids is 1. The fourth-order valence-corrected chi connectivity index (χ4v) is 1.86. The highest BCUT2D eigenvalue weighted by molar-refractivity contribution is 5.77. The van der Waals surface area contributed by atoms with Gasteiger partial charge in [-0.1, -0.05) is 6.92 Å². The highest BCUT2D eigenvalue weighted by Gasteiger charge is 2.13. The van der Waals surface area contributed by atoms with Crippen LogP contribution in [0.3, 0.4) is 0 Å². The molecule has 0 aliphatic heterocycles. The van der Waals surface area contributed by atoms with E-state index in [0.717, 1.165) is 18.6 Å². The third-order valence-corrected chi connectivity index (χ3v) is 2.72. The fraction of sp³-hybridized carbons (Fsp3) is 0.308. The number of anilines is 1. The molecule has 0 aliphatic rings. The number of hydrogen-bond acceptors (Lipinski definition) is 4. The van der Waals surface area contributed by atoms with E-state index < -0.39 is 17.6 Å². The molecule has 20 heavy (non-hydrogen) atoms. The second kappa shape index (κ2) is 5.77. The Labute approximate surface area is 113 Å². The van der Waals surface area contributed by atoms with E-state index >= 15 is 0 Å². The Morgan fingerprint density at radius 1 is 1.30 bits per heavy atom. The molecule has 0 saturated carbocycles. The normalized spacial score (nSPS) is 10.8. The Balaban J connectivity index is 2.42. The van der Waals surface area contributed by atoms with E-state index in [0.29, 0.717) is 12.4 Å². The Morgan fingerprint density at radius 2 is 1.95 bits per heavy atom. The van der Waals surface area contributed by atoms with Gasteiger partial charge in [0.05, 0.1) is 17.2 Å². The first-order valence-electron chi connectivity index (χ1n) is 6.09. The second-order valence-corrected chi connectivity index (χ2v) is 4.30. The molecular weight excluding hydrogens is 268 g/mol. The van der Waals surface area contributed by atoms with Crippen LogP contribution in [0.15, 0.2) is 18.3 Å². The first-order chi connectivity index (χ1) is 9.51. The zero-order chi connectivity index (χ0) is 14.7. The molecule has 0 radical (unpaired) electrons. The number of carbonyl (C=O) groups is 1. The number of carboxylic acids is 1. The van der Waals surface area contributed by atoms with Gasteiger partial charge >= 0.3 is 5.97 Å². The van der Waals surface area contributed by atoms with Crippen LogP contribution in [0.2, 0.25) is 0 Å². The minimum absolute atomic E-state index is 0.188. The summed E-state index contributed by atoms with van der Waals surface area (Å²) in [5.41, 5.74) is 0.410. The van der Waals surface area contributed by atoms with Gasteiger partial charge in [0.2, 0.25) is 0 Å². The van der Waals surface area contributed by atoms with Crippen molar-refractivity contribution in [3.8, 4) is 0 Å². The van der Waals surface area contributed by atoms with Gasteiger partial charge in [0, 0.05) is 18.7 Å². The summed E-state index contributed by atoms with van der Waals surface area (Å²) >= 11 is 0. The van der Waals surface area contributed by atoms with Crippen LogP contribution >= 0.6 is 0 Å². The van der Waals surface area contributed by atoms with Crippen molar-refractivity contribution in [2.45, 2.75) is 13.3 Å². The van der Waals surface area contributed by atoms with Gasteiger partial charge < -0.3 is 10.0 Å². The number of hydrogen-bond donors (Lipinski definition) is 1. The third kappa shape index (κ3) is 2.98. The van der Waals surface area contributed by atoms with Crippen molar-refractivity contribution >= 4 is 22.8 Å². The van der Waals surface area contributed by atoms with Gasteiger partial charge in [-0.2, -0.15) is 0 Å². The highest BCUT2D eigenvalue weighted by Crippen LogP contribution is 2.18. The molecule has 0 saturated heterocycles. The fourth-order valence-electron chi connectivity index (χ4n) is 1.86. The van der Waals surface area contributed by atoms with E-state index in [1.54, 1.807) is 0 Å². The lowest BCUT2D eigenvalue weighted by atomic mass is 10.3. The predicted molar refractivity (Wildman–Crippen MR) is 69.6 cm³/mol. The van der Waals surface area contributed by atoms with E-state index in [1.807, 2.05) is 6.92 Å². The second-order valence-electron chi connectivity index (χ2n) is 4.30. The molecule has 0 amide bonds. The van der Waals surface area contributed by atoms with Crippen LogP contribution in [0.25, 0.3) is 11.0 Å². The van der Waals surface area contributed by atoms with E-state index in [2.05, 4.69) is 9.97 Å². The van der Waals surface area contributed by atoms with Gasteiger partial charge in [0.1, 0.15) is 12.4 Å². The molecule has 1 N–H and O–H groups in total. The van der Waals surface area contributed by atoms with Crippen molar-refractivity contribution in [2.75, 3.05) is 18.0 Å². The molecule has 0 spiro atoms.